The Hall–Kier alpha value is -2.85. The number of fused-ring (bicyclic) bond motifs is 1. The predicted molar refractivity (Wildman–Crippen MR) is 157 cm³/mol. The van der Waals surface area contributed by atoms with E-state index < -0.39 is 0 Å². The van der Waals surface area contributed by atoms with E-state index >= 15 is 0 Å². The first-order valence-corrected chi connectivity index (χ1v) is 15.1. The zero-order valence-electron chi connectivity index (χ0n) is 23.9. The average Bonchev–Trinajstić information content (AvgIpc) is 3.30. The van der Waals surface area contributed by atoms with Gasteiger partial charge in [-0.2, -0.15) is 0 Å². The lowest BCUT2D eigenvalue weighted by molar-refractivity contribution is -0.139. The van der Waals surface area contributed by atoms with E-state index in [1.165, 1.54) is 11.3 Å². The molecule has 1 aromatic carbocycles. The zero-order chi connectivity index (χ0) is 28.1. The summed E-state index contributed by atoms with van der Waals surface area (Å²) in [5.74, 6) is 0.942. The number of amides is 4. The summed E-state index contributed by atoms with van der Waals surface area (Å²) in [6.07, 6.45) is 3.73. The topological polar surface area (TPSA) is 94.2 Å². The molecule has 0 saturated carbocycles. The fraction of sp³-hybridized carbons (Fsp3) is 0.621. The van der Waals surface area contributed by atoms with Gasteiger partial charge in [-0.25, -0.2) is 4.79 Å². The number of rotatable bonds is 8. The largest absolute Gasteiger partial charge is 0.495 e. The minimum atomic E-state index is -0.330. The third-order valence-corrected chi connectivity index (χ3v) is 9.13. The van der Waals surface area contributed by atoms with Crippen LogP contribution in [0.4, 0.5) is 9.80 Å². The second-order valence-corrected chi connectivity index (χ2v) is 11.7. The van der Waals surface area contributed by atoms with E-state index in [-0.39, 0.29) is 29.8 Å². The lowest BCUT2D eigenvalue weighted by Crippen LogP contribution is -2.52. The van der Waals surface area contributed by atoms with E-state index in [4.69, 9.17) is 4.74 Å². The highest BCUT2D eigenvalue weighted by Crippen LogP contribution is 2.41. The first-order chi connectivity index (χ1) is 18.8. The van der Waals surface area contributed by atoms with Crippen LogP contribution in [0.5, 0.6) is 5.75 Å². The van der Waals surface area contributed by atoms with E-state index in [1.807, 2.05) is 34.9 Å². The number of nitrogens with zero attached hydrogens (tertiary/aromatic N) is 3. The van der Waals surface area contributed by atoms with Crippen molar-refractivity contribution in [1.29, 1.82) is 0 Å². The van der Waals surface area contributed by atoms with Crippen molar-refractivity contribution in [1.82, 2.24) is 20.0 Å². The molecule has 0 radical (unpaired) electrons. The summed E-state index contributed by atoms with van der Waals surface area (Å²) in [5, 5.41) is 6.97. The summed E-state index contributed by atoms with van der Waals surface area (Å²) in [5.41, 5.74) is 0.524. The number of hydrogen-bond donors (Lipinski definition) is 2. The molecule has 39 heavy (non-hydrogen) atoms. The fourth-order valence-electron chi connectivity index (χ4n) is 6.00. The molecule has 2 aliphatic heterocycles. The number of benzene rings is 1. The van der Waals surface area contributed by atoms with Crippen molar-refractivity contribution in [2.24, 2.45) is 5.92 Å². The molecular weight excluding hydrogens is 514 g/mol. The maximum atomic E-state index is 13.9. The van der Waals surface area contributed by atoms with Crippen LogP contribution in [0, 0.1) is 5.92 Å². The van der Waals surface area contributed by atoms with E-state index in [0.29, 0.717) is 42.0 Å². The minimum absolute atomic E-state index is 0.0517. The van der Waals surface area contributed by atoms with Crippen molar-refractivity contribution in [2.45, 2.75) is 65.5 Å². The summed E-state index contributed by atoms with van der Waals surface area (Å²) < 4.78 is 6.38. The van der Waals surface area contributed by atoms with Gasteiger partial charge in [-0.1, -0.05) is 12.1 Å². The number of anilines is 1. The molecule has 9 nitrogen and oxygen atoms in total. The average molecular weight is 558 g/mol. The number of nitrogens with one attached hydrogen (secondary N) is 2. The second-order valence-electron chi connectivity index (χ2n) is 10.7. The monoisotopic (exact) mass is 557 g/mol. The van der Waals surface area contributed by atoms with Crippen LogP contribution in [-0.4, -0.2) is 91.0 Å². The van der Waals surface area contributed by atoms with Crippen LogP contribution >= 0.6 is 11.3 Å². The van der Waals surface area contributed by atoms with Crippen LogP contribution < -0.4 is 15.4 Å². The minimum Gasteiger partial charge on any atom is -0.495 e. The molecule has 2 aliphatic rings. The Balaban J connectivity index is 1.46. The maximum Gasteiger partial charge on any atom is 0.319 e. The Labute approximate surface area is 235 Å². The van der Waals surface area contributed by atoms with Crippen LogP contribution in [0.3, 0.4) is 0 Å². The Morgan fingerprint density at radius 2 is 1.87 bits per heavy atom. The molecule has 0 bridgehead atoms. The number of likely N-dealkylation sites (tertiary alicyclic amines) is 2. The van der Waals surface area contributed by atoms with Crippen molar-refractivity contribution in [2.75, 3.05) is 51.7 Å². The summed E-state index contributed by atoms with van der Waals surface area (Å²) in [7, 11) is 1.61. The van der Waals surface area contributed by atoms with Gasteiger partial charge in [0.25, 0.3) is 5.91 Å². The van der Waals surface area contributed by atoms with Crippen molar-refractivity contribution in [3.05, 3.63) is 23.8 Å². The molecular formula is C29H43N5O4S. The molecule has 1 unspecified atom stereocenters. The van der Waals surface area contributed by atoms with Crippen molar-refractivity contribution in [3.8, 4) is 5.75 Å². The number of ether oxygens (including phenoxy) is 1. The number of carbonyl (C=O) groups excluding carboxylic acids is 3. The number of urea groups is 1. The van der Waals surface area contributed by atoms with Gasteiger partial charge < -0.3 is 19.9 Å². The Kier molecular flexibility index (Phi) is 9.71. The van der Waals surface area contributed by atoms with Gasteiger partial charge in [-0.3, -0.25) is 19.8 Å². The fourth-order valence-corrected chi connectivity index (χ4v) is 7.18. The lowest BCUT2D eigenvalue weighted by atomic mass is 9.92. The van der Waals surface area contributed by atoms with Crippen LogP contribution in [0.1, 0.15) is 63.7 Å². The second kappa shape index (κ2) is 13.0. The summed E-state index contributed by atoms with van der Waals surface area (Å²) in [6, 6.07) is 5.91. The van der Waals surface area contributed by atoms with Gasteiger partial charge in [0.2, 0.25) is 5.91 Å². The molecule has 0 aliphatic carbocycles. The standard InChI is InChI=1S/C29H43N5O4S/c1-6-30-29(37)31-26-24(22-11-8-12-23(38-5)25(22)39-26)28(36)32-16-13-21(14-17-32)33-15-9-10-20(18-33)27(35)34(7-2)19(3)4/h8,11-12,19-21H,6-7,9-10,13-18H2,1-5H3,(H2,30,31,37). The van der Waals surface area contributed by atoms with Crippen molar-refractivity contribution in [3.63, 3.8) is 0 Å². The highest BCUT2D eigenvalue weighted by Gasteiger charge is 2.35. The quantitative estimate of drug-likeness (QED) is 0.494. The molecule has 2 saturated heterocycles. The number of methoxy groups -OCH3 is 1. The lowest BCUT2D eigenvalue weighted by Gasteiger charge is -2.43. The first-order valence-electron chi connectivity index (χ1n) is 14.3. The summed E-state index contributed by atoms with van der Waals surface area (Å²) >= 11 is 1.37. The molecule has 1 atom stereocenters. The zero-order valence-corrected chi connectivity index (χ0v) is 24.7. The number of hydrogen-bond acceptors (Lipinski definition) is 6. The highest BCUT2D eigenvalue weighted by atomic mass is 32.1. The molecule has 1 aromatic heterocycles. The van der Waals surface area contributed by atoms with E-state index in [9.17, 15) is 14.4 Å². The molecule has 4 rings (SSSR count). The van der Waals surface area contributed by atoms with Gasteiger partial charge in [0.05, 0.1) is 23.3 Å². The Morgan fingerprint density at radius 3 is 2.51 bits per heavy atom. The Morgan fingerprint density at radius 1 is 1.13 bits per heavy atom. The predicted octanol–water partition coefficient (Wildman–Crippen LogP) is 4.62. The van der Waals surface area contributed by atoms with Gasteiger partial charge in [-0.05, 0) is 66.0 Å². The van der Waals surface area contributed by atoms with Crippen LogP contribution in [-0.2, 0) is 4.79 Å². The molecule has 2 N–H and O–H groups in total. The normalized spacial score (nSPS) is 18.8. The van der Waals surface area contributed by atoms with Crippen LogP contribution in [0.25, 0.3) is 10.1 Å². The summed E-state index contributed by atoms with van der Waals surface area (Å²) in [6.45, 7) is 12.4. The smallest absolute Gasteiger partial charge is 0.319 e. The molecule has 10 heteroatoms. The first kappa shape index (κ1) is 29.1. The molecule has 2 aromatic rings. The molecule has 2 fully saturated rings. The maximum absolute atomic E-state index is 13.9. The van der Waals surface area contributed by atoms with Gasteiger partial charge >= 0.3 is 6.03 Å². The van der Waals surface area contributed by atoms with E-state index in [0.717, 1.165) is 55.4 Å². The third kappa shape index (κ3) is 6.32. The van der Waals surface area contributed by atoms with Crippen LogP contribution in [0.2, 0.25) is 0 Å². The van der Waals surface area contributed by atoms with E-state index in [2.05, 4.69) is 36.3 Å². The van der Waals surface area contributed by atoms with Gasteiger partial charge in [-0.15, -0.1) is 11.3 Å². The molecule has 214 valence electrons. The van der Waals surface area contributed by atoms with Gasteiger partial charge in [0.1, 0.15) is 10.8 Å². The van der Waals surface area contributed by atoms with Crippen molar-refractivity contribution < 1.29 is 19.1 Å². The number of carbonyl (C=O) groups is 3. The number of thiophene rings is 1. The van der Waals surface area contributed by atoms with Gasteiger partial charge in [0.15, 0.2) is 0 Å². The highest BCUT2D eigenvalue weighted by molar-refractivity contribution is 7.23. The van der Waals surface area contributed by atoms with Gasteiger partial charge in [0, 0.05) is 50.2 Å². The number of piperidine rings is 2. The van der Waals surface area contributed by atoms with Crippen molar-refractivity contribution >= 4 is 44.3 Å². The summed E-state index contributed by atoms with van der Waals surface area (Å²) in [4.78, 5) is 45.8. The molecule has 3 heterocycles. The Bertz CT molecular complexity index is 1170. The molecule has 4 amide bonds. The van der Waals surface area contributed by atoms with E-state index in [1.54, 1.807) is 7.11 Å². The van der Waals surface area contributed by atoms with Crippen LogP contribution in [0.15, 0.2) is 18.2 Å². The SMILES string of the molecule is CCNC(=O)Nc1sc2c(OC)cccc2c1C(=O)N1CCC(N2CCCC(C(=O)N(CC)C(C)C)C2)CC1. The molecule has 0 spiro atoms. The third-order valence-electron chi connectivity index (χ3n) is 7.99.